The van der Waals surface area contributed by atoms with Crippen molar-refractivity contribution >= 4 is 35.0 Å². The van der Waals surface area contributed by atoms with Gasteiger partial charge in [-0.05, 0) is 51.5 Å². The van der Waals surface area contributed by atoms with Gasteiger partial charge in [-0.2, -0.15) is 0 Å². The van der Waals surface area contributed by atoms with Gasteiger partial charge >= 0.3 is 6.09 Å². The van der Waals surface area contributed by atoms with Crippen molar-refractivity contribution in [3.8, 4) is 0 Å². The maximum atomic E-state index is 14.1. The van der Waals surface area contributed by atoms with Crippen molar-refractivity contribution in [2.45, 2.75) is 122 Å². The summed E-state index contributed by atoms with van der Waals surface area (Å²) in [7, 11) is 4.81. The molecular weight excluding hydrogens is 683 g/mol. The molecule has 13 heteroatoms. The van der Waals surface area contributed by atoms with Gasteiger partial charge in [-0.3, -0.25) is 14.4 Å². The number of ketones is 1. The largest absolute Gasteiger partial charge is 0.444 e. The molecular formula is C39H61N5O7S. The quantitative estimate of drug-likeness (QED) is 0.198. The first-order valence-electron chi connectivity index (χ1n) is 18.4. The average Bonchev–Trinajstić information content (AvgIpc) is 3.83. The van der Waals surface area contributed by atoms with Crippen LogP contribution in [0.15, 0.2) is 41.9 Å². The predicted molar refractivity (Wildman–Crippen MR) is 203 cm³/mol. The number of benzene rings is 1. The molecule has 0 radical (unpaired) electrons. The second kappa shape index (κ2) is 20.2. The normalized spacial score (nSPS) is 18.8. The number of rotatable bonds is 19. The maximum absolute atomic E-state index is 14.1. The van der Waals surface area contributed by atoms with Crippen LogP contribution in [0.5, 0.6) is 0 Å². The van der Waals surface area contributed by atoms with E-state index in [0.717, 1.165) is 23.4 Å². The topological polar surface area (TPSA) is 153 Å². The molecule has 12 nitrogen and oxygen atoms in total. The summed E-state index contributed by atoms with van der Waals surface area (Å²) < 4.78 is 17.2. The summed E-state index contributed by atoms with van der Waals surface area (Å²) in [5.41, 5.74) is 6.71. The van der Waals surface area contributed by atoms with Crippen molar-refractivity contribution in [3.63, 3.8) is 0 Å². The third-order valence-electron chi connectivity index (χ3n) is 10.1. The highest BCUT2D eigenvalue weighted by Gasteiger charge is 2.42. The van der Waals surface area contributed by atoms with Crippen molar-refractivity contribution in [2.24, 2.45) is 17.6 Å². The molecule has 1 fully saturated rings. The van der Waals surface area contributed by atoms with Crippen LogP contribution < -0.4 is 11.1 Å². The number of ether oxygens (including phenoxy) is 3. The number of methoxy groups -OCH3 is 2. The first kappa shape index (κ1) is 43.0. The van der Waals surface area contributed by atoms with E-state index in [2.05, 4.69) is 22.4 Å². The molecule has 1 aliphatic heterocycles. The number of hydrogen-bond donors (Lipinski definition) is 2. The zero-order valence-corrected chi connectivity index (χ0v) is 33.3. The molecule has 290 valence electrons. The summed E-state index contributed by atoms with van der Waals surface area (Å²) in [5, 5.41) is 5.44. The van der Waals surface area contributed by atoms with Crippen LogP contribution in [-0.2, 0) is 35.0 Å². The minimum absolute atomic E-state index is 0.0295. The second-order valence-electron chi connectivity index (χ2n) is 15.0. The van der Waals surface area contributed by atoms with Crippen LogP contribution >= 0.6 is 11.3 Å². The first-order chi connectivity index (χ1) is 24.6. The fourth-order valence-electron chi connectivity index (χ4n) is 7.21. The molecule has 2 aromatic rings. The van der Waals surface area contributed by atoms with Gasteiger partial charge in [0, 0.05) is 64.2 Å². The van der Waals surface area contributed by atoms with Gasteiger partial charge in [0.2, 0.25) is 11.8 Å². The van der Waals surface area contributed by atoms with E-state index in [1.165, 1.54) is 0 Å². The molecule has 1 aromatic carbocycles. The van der Waals surface area contributed by atoms with Crippen LogP contribution in [0.2, 0.25) is 0 Å². The highest BCUT2D eigenvalue weighted by atomic mass is 32.1. The summed E-state index contributed by atoms with van der Waals surface area (Å²) in [5.74, 6) is -0.968. The van der Waals surface area contributed by atoms with Gasteiger partial charge in [0.1, 0.15) is 17.4 Å². The number of likely N-dealkylation sites (N-methyl/N-ethyl adjacent to an activating group) is 1. The Morgan fingerprint density at radius 1 is 1.10 bits per heavy atom. The van der Waals surface area contributed by atoms with E-state index in [-0.39, 0.29) is 48.4 Å². The van der Waals surface area contributed by atoms with Crippen LogP contribution in [0.3, 0.4) is 0 Å². The minimum Gasteiger partial charge on any atom is -0.444 e. The number of alkyl carbamates (subject to hydrolysis) is 1. The van der Waals surface area contributed by atoms with Gasteiger partial charge in [0.15, 0.2) is 0 Å². The Hall–Kier alpha value is -3.39. The molecule has 0 spiro atoms. The number of likely N-dealkylation sites (tertiary alicyclic amines) is 1. The number of thiazole rings is 1. The lowest BCUT2D eigenvalue weighted by atomic mass is 9.85. The fourth-order valence-corrected chi connectivity index (χ4v) is 7.95. The molecule has 1 aromatic heterocycles. The lowest BCUT2D eigenvalue weighted by Crippen LogP contribution is -2.57. The van der Waals surface area contributed by atoms with E-state index < -0.39 is 41.9 Å². The summed E-state index contributed by atoms with van der Waals surface area (Å²) in [6, 6.07) is 8.35. The van der Waals surface area contributed by atoms with Crippen LogP contribution in [-0.4, -0.2) is 109 Å². The van der Waals surface area contributed by atoms with E-state index in [4.69, 9.17) is 19.9 Å². The number of nitrogens with zero attached hydrogens (tertiary/aromatic N) is 3. The molecule has 0 aliphatic carbocycles. The van der Waals surface area contributed by atoms with Gasteiger partial charge in [0.05, 0.1) is 35.7 Å². The Morgan fingerprint density at radius 3 is 2.37 bits per heavy atom. The minimum atomic E-state index is -1.02. The van der Waals surface area contributed by atoms with Gasteiger partial charge in [-0.15, -0.1) is 11.3 Å². The number of Topliss-reactive ketones (excluding diaryl/α,β-unsaturated/α-hetero) is 1. The van der Waals surface area contributed by atoms with E-state index in [1.54, 1.807) is 64.5 Å². The third-order valence-corrected chi connectivity index (χ3v) is 11.0. The molecule has 3 N–H and O–H groups in total. The Balaban J connectivity index is 1.71. The van der Waals surface area contributed by atoms with Crippen LogP contribution in [0.25, 0.3) is 0 Å². The molecule has 8 atom stereocenters. The molecule has 1 saturated heterocycles. The van der Waals surface area contributed by atoms with Crippen molar-refractivity contribution in [2.75, 3.05) is 34.4 Å². The third kappa shape index (κ3) is 12.1. The van der Waals surface area contributed by atoms with E-state index in [9.17, 15) is 19.2 Å². The number of hydrogen-bond acceptors (Lipinski definition) is 10. The zero-order chi connectivity index (χ0) is 38.6. The number of aromatic nitrogens is 1. The number of nitrogens with two attached hydrogens (primary N) is 1. The molecule has 0 saturated carbocycles. The molecule has 1 aliphatic rings. The smallest absolute Gasteiger partial charge is 0.407 e. The number of carbonyl (C=O) groups excluding carboxylic acids is 4. The lowest BCUT2D eigenvalue weighted by molar-refractivity contribution is -0.146. The average molecular weight is 744 g/mol. The lowest BCUT2D eigenvalue weighted by Gasteiger charge is -2.40. The highest BCUT2D eigenvalue weighted by Crippen LogP contribution is 2.33. The highest BCUT2D eigenvalue weighted by molar-refractivity contribution is 7.09. The SMILES string of the molecule is CC[C@H](C)[C@@H]([C@@H](CC(=O)N1CCC[C@H]1[C@H](OC)[C@@H](C)C(=O)C[C@@H](Cc1ccccc1)c1nccs1)OC)N(C)C(=O)[C@@H](N)CNC(=O)OC(C)(C)C. The molecule has 0 bridgehead atoms. The van der Waals surface area contributed by atoms with E-state index in [0.29, 0.717) is 25.8 Å². The van der Waals surface area contributed by atoms with Gasteiger partial charge in [0.25, 0.3) is 0 Å². The number of carbonyl (C=O) groups is 4. The Bertz CT molecular complexity index is 1420. The van der Waals surface area contributed by atoms with Crippen molar-refractivity contribution in [1.29, 1.82) is 0 Å². The molecule has 0 unspecified atom stereocenters. The van der Waals surface area contributed by atoms with E-state index >= 15 is 0 Å². The van der Waals surface area contributed by atoms with Crippen molar-refractivity contribution in [1.82, 2.24) is 20.1 Å². The van der Waals surface area contributed by atoms with Crippen molar-refractivity contribution in [3.05, 3.63) is 52.5 Å². The van der Waals surface area contributed by atoms with Crippen molar-refractivity contribution < 1.29 is 33.4 Å². The van der Waals surface area contributed by atoms with Crippen LogP contribution in [0, 0.1) is 11.8 Å². The van der Waals surface area contributed by atoms with E-state index in [1.807, 2.05) is 49.3 Å². The summed E-state index contributed by atoms with van der Waals surface area (Å²) in [4.78, 5) is 61.7. The number of nitrogens with one attached hydrogen (secondary N) is 1. The van der Waals surface area contributed by atoms with Crippen LogP contribution in [0.1, 0.15) is 90.1 Å². The Morgan fingerprint density at radius 2 is 1.79 bits per heavy atom. The summed E-state index contributed by atoms with van der Waals surface area (Å²) in [6.07, 6.45) is 3.30. The monoisotopic (exact) mass is 743 g/mol. The molecule has 52 heavy (non-hydrogen) atoms. The fraction of sp³-hybridized carbons (Fsp3) is 0.667. The number of amides is 3. The molecule has 2 heterocycles. The molecule has 3 amide bonds. The van der Waals surface area contributed by atoms with Crippen LogP contribution in [0.4, 0.5) is 4.79 Å². The zero-order valence-electron chi connectivity index (χ0n) is 32.5. The van der Waals surface area contributed by atoms with Gasteiger partial charge < -0.3 is 35.1 Å². The molecule has 3 rings (SSSR count). The predicted octanol–water partition coefficient (Wildman–Crippen LogP) is 5.20. The van der Waals surface area contributed by atoms with Gasteiger partial charge in [-0.25, -0.2) is 9.78 Å². The first-order valence-corrected chi connectivity index (χ1v) is 19.3. The second-order valence-corrected chi connectivity index (χ2v) is 15.9. The Kier molecular flexibility index (Phi) is 16.7. The van der Waals surface area contributed by atoms with Gasteiger partial charge in [-0.1, -0.05) is 57.5 Å². The Labute approximate surface area is 314 Å². The maximum Gasteiger partial charge on any atom is 0.407 e. The summed E-state index contributed by atoms with van der Waals surface area (Å²) >= 11 is 1.56. The standard InChI is InChI=1S/C39H61N5O7S/c1-10-25(2)34(43(7)37(47)29(40)24-42-38(48)51-39(4,5)6)32(49-8)23-33(46)44-19-14-17-30(44)35(50-9)26(3)31(45)22-28(36-41-18-20-52-36)21-27-15-12-11-13-16-27/h11-13,15-16,18,20,25-26,28-30,32,34-35H,10,14,17,19,21-24,40H2,1-9H3,(H,42,48)/t25-,26-,28+,29-,30-,32+,34-,35+/m0/s1. The summed E-state index contributed by atoms with van der Waals surface area (Å²) in [6.45, 7) is 11.6.